The Kier molecular flexibility index (Phi) is 8.20. The molecule has 0 aromatic heterocycles. The molecule has 0 heterocycles. The Morgan fingerprint density at radius 3 is 1.67 bits per heavy atom. The summed E-state index contributed by atoms with van der Waals surface area (Å²) in [5.41, 5.74) is 0. The fraction of sp³-hybridized carbons (Fsp3) is 0.667. The smallest absolute Gasteiger partial charge is 0.209 e. The third kappa shape index (κ3) is 8.89. The van der Waals surface area contributed by atoms with Gasteiger partial charge in [-0.3, -0.25) is 4.79 Å². The van der Waals surface area contributed by atoms with Crippen LogP contribution in [0.5, 0.6) is 0 Å². The van der Waals surface area contributed by atoms with Crippen molar-refractivity contribution in [3.63, 3.8) is 0 Å². The first-order valence-corrected chi connectivity index (χ1v) is 1.39. The molecular weight excluding hydrogens is 114 g/mol. The summed E-state index contributed by atoms with van der Waals surface area (Å²) in [6, 6.07) is 0. The largest absolute Gasteiger partial charge is 0.351 e. The molecule has 0 saturated carbocycles. The van der Waals surface area contributed by atoms with E-state index in [2.05, 4.69) is 0 Å². The van der Waals surface area contributed by atoms with E-state index in [0.717, 1.165) is 6.41 Å². The number of nitrogens with zero attached hydrogens (tertiary/aromatic N) is 1. The second-order valence-electron chi connectivity index (χ2n) is 1.07. The van der Waals surface area contributed by atoms with Crippen molar-refractivity contribution in [2.45, 2.75) is 0 Å². The fourth-order valence-corrected chi connectivity index (χ4v) is 0. The standard InChI is InChI=1S/C3H7NO.Ti/c1-4(2)3-5;/h3H,1-2H3;. The van der Waals surface area contributed by atoms with Gasteiger partial charge in [-0.2, -0.15) is 0 Å². The SMILES string of the molecule is CN(C)C=O.[Ti]. The number of carbonyl (C=O) groups excluding carboxylic acids is 1. The Hall–Kier alpha value is 0.184. The molecule has 0 aliphatic carbocycles. The van der Waals surface area contributed by atoms with Gasteiger partial charge in [0.2, 0.25) is 6.41 Å². The van der Waals surface area contributed by atoms with E-state index in [1.165, 1.54) is 4.90 Å². The molecule has 0 aliphatic heterocycles. The quantitative estimate of drug-likeness (QED) is 0.344. The predicted octanol–water partition coefficient (Wildman–Crippen LogP) is -0.298. The summed E-state index contributed by atoms with van der Waals surface area (Å²) in [6.45, 7) is 0. The third-order valence-corrected chi connectivity index (χ3v) is 0.211. The second kappa shape index (κ2) is 5.18. The van der Waals surface area contributed by atoms with Crippen LogP contribution in [0.15, 0.2) is 0 Å². The molecule has 0 atom stereocenters. The number of rotatable bonds is 1. The maximum absolute atomic E-state index is 9.43. The average Bonchev–Trinajstić information content (AvgIpc) is 1.38. The number of carbonyl (C=O) groups is 1. The molecule has 0 N–H and O–H groups in total. The monoisotopic (exact) mass is 121 g/mol. The minimum Gasteiger partial charge on any atom is -0.351 e. The summed E-state index contributed by atoms with van der Waals surface area (Å²) in [4.78, 5) is 10.9. The van der Waals surface area contributed by atoms with E-state index < -0.39 is 0 Å². The van der Waals surface area contributed by atoms with Gasteiger partial charge in [-0.15, -0.1) is 0 Å². The minimum atomic E-state index is 0. The molecule has 2 nitrogen and oxygen atoms in total. The maximum atomic E-state index is 9.43. The zero-order valence-electron chi connectivity index (χ0n) is 3.93. The van der Waals surface area contributed by atoms with E-state index in [9.17, 15) is 4.79 Å². The van der Waals surface area contributed by atoms with Gasteiger partial charge in [0.15, 0.2) is 0 Å². The molecule has 0 aromatic carbocycles. The Balaban J connectivity index is 0. The van der Waals surface area contributed by atoms with E-state index in [4.69, 9.17) is 0 Å². The predicted molar refractivity (Wildman–Crippen MR) is 19.8 cm³/mol. The van der Waals surface area contributed by atoms with Crippen LogP contribution < -0.4 is 0 Å². The number of amides is 1. The van der Waals surface area contributed by atoms with Crippen molar-refractivity contribution in [3.8, 4) is 0 Å². The summed E-state index contributed by atoms with van der Waals surface area (Å²) in [7, 11) is 3.38. The normalized spacial score (nSPS) is 5.67. The van der Waals surface area contributed by atoms with Crippen LogP contribution >= 0.6 is 0 Å². The molecule has 6 heavy (non-hydrogen) atoms. The minimum absolute atomic E-state index is 0. The van der Waals surface area contributed by atoms with E-state index in [0.29, 0.717) is 0 Å². The summed E-state index contributed by atoms with van der Waals surface area (Å²) < 4.78 is 0. The van der Waals surface area contributed by atoms with Crippen LogP contribution in [0.25, 0.3) is 0 Å². The Morgan fingerprint density at radius 1 is 1.50 bits per heavy atom. The summed E-state index contributed by atoms with van der Waals surface area (Å²) in [5, 5.41) is 0. The van der Waals surface area contributed by atoms with Crippen LogP contribution in [-0.4, -0.2) is 25.4 Å². The summed E-state index contributed by atoms with van der Waals surface area (Å²) in [6.07, 6.45) is 0.750. The molecule has 1 amide bonds. The molecule has 3 heteroatoms. The van der Waals surface area contributed by atoms with Crippen LogP contribution in [-0.2, 0) is 26.5 Å². The van der Waals surface area contributed by atoms with Gasteiger partial charge in [0.05, 0.1) is 0 Å². The van der Waals surface area contributed by atoms with Crippen LogP contribution in [0.4, 0.5) is 0 Å². The van der Waals surface area contributed by atoms with Gasteiger partial charge in [0.25, 0.3) is 0 Å². The molecule has 34 valence electrons. The average molecular weight is 121 g/mol. The van der Waals surface area contributed by atoms with Gasteiger partial charge in [-0.1, -0.05) is 0 Å². The zero-order chi connectivity index (χ0) is 4.28. The Labute approximate surface area is 52.4 Å². The second-order valence-corrected chi connectivity index (χ2v) is 1.07. The van der Waals surface area contributed by atoms with E-state index >= 15 is 0 Å². The van der Waals surface area contributed by atoms with Gasteiger partial charge in [0.1, 0.15) is 0 Å². The molecule has 0 aliphatic rings. The molecule has 0 rings (SSSR count). The summed E-state index contributed by atoms with van der Waals surface area (Å²) >= 11 is 0. The van der Waals surface area contributed by atoms with Crippen molar-refractivity contribution in [3.05, 3.63) is 0 Å². The molecule has 0 aromatic rings. The van der Waals surface area contributed by atoms with Crippen molar-refractivity contribution in [2.75, 3.05) is 14.1 Å². The number of hydrogen-bond acceptors (Lipinski definition) is 1. The third-order valence-electron chi connectivity index (χ3n) is 0.211. The maximum Gasteiger partial charge on any atom is 0.209 e. The molecule has 0 radical (unpaired) electrons. The van der Waals surface area contributed by atoms with Crippen LogP contribution in [0.1, 0.15) is 0 Å². The van der Waals surface area contributed by atoms with Gasteiger partial charge < -0.3 is 4.90 Å². The number of hydrogen-bond donors (Lipinski definition) is 0. The molecule has 0 bridgehead atoms. The molecule has 0 saturated heterocycles. The molecule has 0 unspecified atom stereocenters. The fourth-order valence-electron chi connectivity index (χ4n) is 0. The first-order chi connectivity index (χ1) is 2.27. The van der Waals surface area contributed by atoms with E-state index in [1.54, 1.807) is 14.1 Å². The zero-order valence-corrected chi connectivity index (χ0v) is 5.49. The van der Waals surface area contributed by atoms with Crippen molar-refractivity contribution in [1.29, 1.82) is 0 Å². The van der Waals surface area contributed by atoms with Crippen LogP contribution in [0.2, 0.25) is 0 Å². The Morgan fingerprint density at radius 2 is 1.67 bits per heavy atom. The van der Waals surface area contributed by atoms with Crippen molar-refractivity contribution in [2.24, 2.45) is 0 Å². The molecule has 0 spiro atoms. The van der Waals surface area contributed by atoms with Gasteiger partial charge in [-0.25, -0.2) is 0 Å². The van der Waals surface area contributed by atoms with E-state index in [1.807, 2.05) is 0 Å². The van der Waals surface area contributed by atoms with Gasteiger partial charge in [-0.05, 0) is 0 Å². The van der Waals surface area contributed by atoms with E-state index in [-0.39, 0.29) is 21.7 Å². The van der Waals surface area contributed by atoms with Crippen LogP contribution in [0.3, 0.4) is 0 Å². The Bertz CT molecular complexity index is 37.8. The summed E-state index contributed by atoms with van der Waals surface area (Å²) in [5.74, 6) is 0. The molecular formula is C3H7NOTi. The molecule has 0 fully saturated rings. The van der Waals surface area contributed by atoms with Crippen molar-refractivity contribution in [1.82, 2.24) is 4.90 Å². The topological polar surface area (TPSA) is 20.3 Å². The van der Waals surface area contributed by atoms with Crippen molar-refractivity contribution < 1.29 is 26.5 Å². The van der Waals surface area contributed by atoms with Crippen molar-refractivity contribution >= 4 is 6.41 Å². The first kappa shape index (κ1) is 9.49. The first-order valence-electron chi connectivity index (χ1n) is 1.39. The van der Waals surface area contributed by atoms with Crippen LogP contribution in [0, 0.1) is 0 Å². The van der Waals surface area contributed by atoms with Gasteiger partial charge in [0, 0.05) is 35.8 Å². The van der Waals surface area contributed by atoms with Gasteiger partial charge >= 0.3 is 0 Å².